The number of nitrogens with two attached hydrogens (primary N) is 1. The van der Waals surface area contributed by atoms with Crippen LogP contribution in [0.2, 0.25) is 0 Å². The second-order valence-corrected chi connectivity index (χ2v) is 3.33. The number of hydrogen-bond acceptors (Lipinski definition) is 2. The lowest BCUT2D eigenvalue weighted by Crippen LogP contribution is -2.50. The number of rotatable bonds is 4. The zero-order valence-electron chi connectivity index (χ0n) is 8.44. The number of carboxylic acid groups (broad SMARTS) is 1. The number of amides is 1. The van der Waals surface area contributed by atoms with Crippen molar-refractivity contribution < 1.29 is 9.90 Å². The van der Waals surface area contributed by atoms with Crippen LogP contribution in [0.25, 0.3) is 0 Å². The first-order valence-electron chi connectivity index (χ1n) is 4.70. The molecule has 0 aliphatic rings. The van der Waals surface area contributed by atoms with Crippen molar-refractivity contribution in [2.45, 2.75) is 12.0 Å². The third-order valence-electron chi connectivity index (χ3n) is 2.45. The van der Waals surface area contributed by atoms with Crippen LogP contribution < -0.4 is 11.1 Å². The largest absolute Gasteiger partial charge is 0.465 e. The van der Waals surface area contributed by atoms with Crippen molar-refractivity contribution in [3.8, 4) is 0 Å². The van der Waals surface area contributed by atoms with E-state index < -0.39 is 11.6 Å². The number of benzene rings is 1. The SMILES string of the molecule is [CH2]CC(CN)(NC(=O)O)c1ccccc1. The first-order valence-corrected chi connectivity index (χ1v) is 4.70. The molecule has 0 saturated heterocycles. The Morgan fingerprint density at radius 2 is 2.07 bits per heavy atom. The summed E-state index contributed by atoms with van der Waals surface area (Å²) < 4.78 is 0. The summed E-state index contributed by atoms with van der Waals surface area (Å²) in [5, 5.41) is 11.2. The van der Waals surface area contributed by atoms with Gasteiger partial charge in [-0.3, -0.25) is 0 Å². The standard InChI is InChI=1S/C11H15N2O2/c1-2-11(8-12,13-10(14)15)9-6-4-3-5-7-9/h3-7,13H,1-2,8,12H2,(H,14,15). The molecule has 0 aliphatic heterocycles. The molecule has 1 atom stereocenters. The molecule has 1 unspecified atom stereocenters. The monoisotopic (exact) mass is 207 g/mol. The predicted octanol–water partition coefficient (Wildman–Crippen LogP) is 1.33. The molecular weight excluding hydrogens is 192 g/mol. The van der Waals surface area contributed by atoms with Gasteiger partial charge in [0.2, 0.25) is 0 Å². The average molecular weight is 207 g/mol. The van der Waals surface area contributed by atoms with E-state index in [0.717, 1.165) is 5.56 Å². The van der Waals surface area contributed by atoms with Crippen LogP contribution in [0.4, 0.5) is 4.79 Å². The van der Waals surface area contributed by atoms with Crippen LogP contribution in [0.5, 0.6) is 0 Å². The minimum Gasteiger partial charge on any atom is -0.465 e. The van der Waals surface area contributed by atoms with Gasteiger partial charge in [0.15, 0.2) is 0 Å². The molecule has 15 heavy (non-hydrogen) atoms. The van der Waals surface area contributed by atoms with Gasteiger partial charge in [0.25, 0.3) is 0 Å². The van der Waals surface area contributed by atoms with Gasteiger partial charge in [-0.05, 0) is 12.0 Å². The highest BCUT2D eigenvalue weighted by molar-refractivity contribution is 5.66. The van der Waals surface area contributed by atoms with Gasteiger partial charge in [-0.15, -0.1) is 0 Å². The molecule has 0 fully saturated rings. The molecule has 1 aromatic carbocycles. The summed E-state index contributed by atoms with van der Waals surface area (Å²) in [7, 11) is 0. The molecule has 4 nitrogen and oxygen atoms in total. The number of hydrogen-bond donors (Lipinski definition) is 3. The highest BCUT2D eigenvalue weighted by Gasteiger charge is 2.30. The lowest BCUT2D eigenvalue weighted by atomic mass is 9.87. The minimum atomic E-state index is -1.09. The summed E-state index contributed by atoms with van der Waals surface area (Å²) in [5.41, 5.74) is 5.69. The van der Waals surface area contributed by atoms with Crippen molar-refractivity contribution in [2.24, 2.45) is 5.73 Å². The molecule has 0 heterocycles. The topological polar surface area (TPSA) is 75.3 Å². The summed E-state index contributed by atoms with van der Waals surface area (Å²) in [4.78, 5) is 10.7. The van der Waals surface area contributed by atoms with E-state index in [1.54, 1.807) is 0 Å². The van der Waals surface area contributed by atoms with Gasteiger partial charge >= 0.3 is 6.09 Å². The second kappa shape index (κ2) is 4.79. The highest BCUT2D eigenvalue weighted by Crippen LogP contribution is 2.23. The summed E-state index contributed by atoms with van der Waals surface area (Å²) in [5.74, 6) is 0. The van der Waals surface area contributed by atoms with E-state index in [9.17, 15) is 4.79 Å². The van der Waals surface area contributed by atoms with E-state index in [-0.39, 0.29) is 6.54 Å². The summed E-state index contributed by atoms with van der Waals surface area (Å²) in [6, 6.07) is 9.24. The third kappa shape index (κ3) is 2.47. The van der Waals surface area contributed by atoms with Crippen LogP contribution in [-0.2, 0) is 5.54 Å². The molecule has 81 valence electrons. The molecule has 0 saturated carbocycles. The van der Waals surface area contributed by atoms with Crippen LogP contribution in [0.1, 0.15) is 12.0 Å². The Balaban J connectivity index is 3.05. The number of carbonyl (C=O) groups is 1. The smallest absolute Gasteiger partial charge is 0.405 e. The van der Waals surface area contributed by atoms with Crippen molar-refractivity contribution in [1.82, 2.24) is 5.32 Å². The molecule has 1 aromatic rings. The molecule has 1 amide bonds. The van der Waals surface area contributed by atoms with E-state index in [0.29, 0.717) is 6.42 Å². The fourth-order valence-corrected chi connectivity index (χ4v) is 1.51. The van der Waals surface area contributed by atoms with Crippen molar-refractivity contribution in [2.75, 3.05) is 6.54 Å². The van der Waals surface area contributed by atoms with Crippen molar-refractivity contribution in [3.05, 3.63) is 42.8 Å². The van der Waals surface area contributed by atoms with E-state index in [1.165, 1.54) is 0 Å². The summed E-state index contributed by atoms with van der Waals surface area (Å²) in [6.07, 6.45) is -0.715. The number of nitrogens with one attached hydrogen (secondary N) is 1. The first kappa shape index (κ1) is 11.5. The third-order valence-corrected chi connectivity index (χ3v) is 2.45. The lowest BCUT2D eigenvalue weighted by molar-refractivity contribution is 0.177. The molecule has 0 aliphatic carbocycles. The van der Waals surface area contributed by atoms with Crippen LogP contribution >= 0.6 is 0 Å². The van der Waals surface area contributed by atoms with Crippen molar-refractivity contribution >= 4 is 6.09 Å². The maximum Gasteiger partial charge on any atom is 0.405 e. The molecule has 0 aromatic heterocycles. The Kier molecular flexibility index (Phi) is 3.68. The maximum atomic E-state index is 10.7. The van der Waals surface area contributed by atoms with Crippen LogP contribution in [-0.4, -0.2) is 17.7 Å². The average Bonchev–Trinajstić information content (AvgIpc) is 2.27. The quantitative estimate of drug-likeness (QED) is 0.697. The van der Waals surface area contributed by atoms with Gasteiger partial charge in [0, 0.05) is 6.54 Å². The molecular formula is C11H15N2O2. The van der Waals surface area contributed by atoms with Crippen molar-refractivity contribution in [1.29, 1.82) is 0 Å². The zero-order chi connectivity index (χ0) is 11.3. The Morgan fingerprint density at radius 3 is 2.47 bits per heavy atom. The fourth-order valence-electron chi connectivity index (χ4n) is 1.51. The second-order valence-electron chi connectivity index (χ2n) is 3.33. The summed E-state index contributed by atoms with van der Waals surface area (Å²) >= 11 is 0. The van der Waals surface area contributed by atoms with E-state index in [4.69, 9.17) is 10.8 Å². The van der Waals surface area contributed by atoms with Crippen LogP contribution in [0, 0.1) is 6.92 Å². The van der Waals surface area contributed by atoms with Gasteiger partial charge in [-0.25, -0.2) is 4.79 Å². The van der Waals surface area contributed by atoms with Crippen LogP contribution in [0.15, 0.2) is 30.3 Å². The van der Waals surface area contributed by atoms with Crippen LogP contribution in [0.3, 0.4) is 0 Å². The van der Waals surface area contributed by atoms with Gasteiger partial charge in [-0.2, -0.15) is 0 Å². The van der Waals surface area contributed by atoms with Crippen molar-refractivity contribution in [3.63, 3.8) is 0 Å². The van der Waals surface area contributed by atoms with E-state index >= 15 is 0 Å². The zero-order valence-corrected chi connectivity index (χ0v) is 8.44. The summed E-state index contributed by atoms with van der Waals surface area (Å²) in [6.45, 7) is 3.94. The molecule has 0 spiro atoms. The van der Waals surface area contributed by atoms with Gasteiger partial charge in [0.1, 0.15) is 0 Å². The molecule has 4 heteroatoms. The normalized spacial score (nSPS) is 14.3. The highest BCUT2D eigenvalue weighted by atomic mass is 16.4. The fraction of sp³-hybridized carbons (Fsp3) is 0.273. The minimum absolute atomic E-state index is 0.187. The Labute approximate surface area is 89.1 Å². The molecule has 1 rings (SSSR count). The molecule has 1 radical (unpaired) electrons. The molecule has 0 bridgehead atoms. The van der Waals surface area contributed by atoms with E-state index in [1.807, 2.05) is 30.3 Å². The van der Waals surface area contributed by atoms with Gasteiger partial charge < -0.3 is 16.2 Å². The molecule has 4 N–H and O–H groups in total. The lowest BCUT2D eigenvalue weighted by Gasteiger charge is -2.31. The Morgan fingerprint density at radius 1 is 1.47 bits per heavy atom. The predicted molar refractivity (Wildman–Crippen MR) is 58.3 cm³/mol. The van der Waals surface area contributed by atoms with Gasteiger partial charge in [0.05, 0.1) is 5.54 Å². The maximum absolute atomic E-state index is 10.7. The first-order chi connectivity index (χ1) is 7.14. The van der Waals surface area contributed by atoms with Gasteiger partial charge in [-0.1, -0.05) is 37.3 Å². The Bertz CT molecular complexity index is 321. The Hall–Kier alpha value is -1.55. The van der Waals surface area contributed by atoms with E-state index in [2.05, 4.69) is 12.2 Å².